The minimum Gasteiger partial charge on any atom is -0.355 e. The van der Waals surface area contributed by atoms with Crippen molar-refractivity contribution in [3.05, 3.63) is 93.0 Å². The maximum Gasteiger partial charge on any atom is 0.258 e. The number of amides is 2. The molecule has 210 valence electrons. The average molecular weight is 565 g/mol. The number of H-pyrrole nitrogens is 1. The summed E-state index contributed by atoms with van der Waals surface area (Å²) in [6.45, 7) is 8.71. The van der Waals surface area contributed by atoms with Crippen LogP contribution >= 0.6 is 11.6 Å². The molecule has 2 unspecified atom stereocenters. The van der Waals surface area contributed by atoms with Gasteiger partial charge in [0.15, 0.2) is 5.78 Å². The first-order valence-corrected chi connectivity index (χ1v) is 14.0. The van der Waals surface area contributed by atoms with Crippen LogP contribution in [0.4, 0.5) is 4.39 Å². The van der Waals surface area contributed by atoms with Crippen molar-refractivity contribution in [3.8, 4) is 0 Å². The van der Waals surface area contributed by atoms with Crippen LogP contribution in [0.15, 0.2) is 48.5 Å². The number of aryl methyl sites for hydroxylation is 1. The second-order valence-electron chi connectivity index (χ2n) is 11.0. The van der Waals surface area contributed by atoms with Crippen molar-refractivity contribution in [3.63, 3.8) is 0 Å². The Hall–Kier alpha value is -3.49. The van der Waals surface area contributed by atoms with Gasteiger partial charge in [-0.05, 0) is 55.4 Å². The van der Waals surface area contributed by atoms with Gasteiger partial charge in [0, 0.05) is 45.3 Å². The maximum absolute atomic E-state index is 14.3. The molecule has 0 bridgehead atoms. The van der Waals surface area contributed by atoms with Crippen LogP contribution < -0.4 is 5.32 Å². The van der Waals surface area contributed by atoms with Gasteiger partial charge in [-0.2, -0.15) is 0 Å². The minimum absolute atomic E-state index is 0.0502. The molecule has 3 aromatic rings. The number of halogens is 2. The van der Waals surface area contributed by atoms with E-state index in [1.807, 2.05) is 37.3 Å². The van der Waals surface area contributed by atoms with E-state index >= 15 is 0 Å². The molecular weight excluding hydrogens is 531 g/mol. The summed E-state index contributed by atoms with van der Waals surface area (Å²) >= 11 is 6.13. The molecule has 3 atom stereocenters. The number of benzene rings is 2. The lowest BCUT2D eigenvalue weighted by Gasteiger charge is -2.25. The van der Waals surface area contributed by atoms with Crippen LogP contribution in [0.2, 0.25) is 5.02 Å². The van der Waals surface area contributed by atoms with Crippen molar-refractivity contribution < 1.29 is 18.8 Å². The van der Waals surface area contributed by atoms with Crippen molar-refractivity contribution in [2.75, 3.05) is 32.7 Å². The van der Waals surface area contributed by atoms with Crippen LogP contribution in [0.1, 0.15) is 67.4 Å². The van der Waals surface area contributed by atoms with Gasteiger partial charge in [0.1, 0.15) is 5.82 Å². The van der Waals surface area contributed by atoms with Crippen molar-refractivity contribution in [2.24, 2.45) is 11.8 Å². The second kappa shape index (κ2) is 11.6. The van der Waals surface area contributed by atoms with E-state index in [9.17, 15) is 18.8 Å². The smallest absolute Gasteiger partial charge is 0.258 e. The standard InChI is InChI=1S/C31H34ClFN4O3/c1-18-27(19(2)34-29(18)20(3)38)30(39)35-26(21-8-5-4-6-9-21)12-13-36-14-22-16-37(17-23(22)15-36)31(40)28-24(32)10-7-11-25(28)33/h4-11,22-23,26,34H,12-17H2,1-3H3,(H,35,39)/t22?,23?,26-/m0/s1. The number of hydrogen-bond donors (Lipinski definition) is 2. The topological polar surface area (TPSA) is 85.5 Å². The zero-order valence-electron chi connectivity index (χ0n) is 23.0. The summed E-state index contributed by atoms with van der Waals surface area (Å²) in [6, 6.07) is 14.0. The minimum atomic E-state index is -0.590. The molecule has 0 aliphatic carbocycles. The molecule has 5 rings (SSSR count). The molecule has 9 heteroatoms. The number of nitrogens with zero attached hydrogens (tertiary/aromatic N) is 2. The molecule has 7 nitrogen and oxygen atoms in total. The number of hydrogen-bond acceptors (Lipinski definition) is 4. The third-order valence-electron chi connectivity index (χ3n) is 8.28. The fourth-order valence-corrected chi connectivity index (χ4v) is 6.54. The molecule has 2 aromatic carbocycles. The van der Waals surface area contributed by atoms with E-state index in [-0.39, 0.29) is 34.2 Å². The fraction of sp³-hybridized carbons (Fsp3) is 0.387. The first-order valence-electron chi connectivity index (χ1n) is 13.7. The highest BCUT2D eigenvalue weighted by Gasteiger charge is 2.42. The second-order valence-corrected chi connectivity index (χ2v) is 11.4. The van der Waals surface area contributed by atoms with Gasteiger partial charge >= 0.3 is 0 Å². The zero-order chi connectivity index (χ0) is 28.6. The number of carbonyl (C=O) groups excluding carboxylic acids is 3. The Morgan fingerprint density at radius 3 is 2.27 bits per heavy atom. The quantitative estimate of drug-likeness (QED) is 0.369. The highest BCUT2D eigenvalue weighted by atomic mass is 35.5. The highest BCUT2D eigenvalue weighted by molar-refractivity contribution is 6.33. The Bertz CT molecular complexity index is 1410. The maximum atomic E-state index is 14.3. The summed E-state index contributed by atoms with van der Waals surface area (Å²) in [5, 5.41) is 3.35. The van der Waals surface area contributed by atoms with Crippen LogP contribution in [0.25, 0.3) is 0 Å². The number of fused-ring (bicyclic) bond motifs is 1. The average Bonchev–Trinajstić information content (AvgIpc) is 3.58. The number of likely N-dealkylation sites (tertiary alicyclic amines) is 2. The van der Waals surface area contributed by atoms with Gasteiger partial charge in [-0.3, -0.25) is 14.4 Å². The largest absolute Gasteiger partial charge is 0.355 e. The van der Waals surface area contributed by atoms with Crippen molar-refractivity contribution in [1.29, 1.82) is 0 Å². The molecule has 2 fully saturated rings. The number of aromatic amines is 1. The molecule has 2 amide bonds. The fourth-order valence-electron chi connectivity index (χ4n) is 6.29. The lowest BCUT2D eigenvalue weighted by molar-refractivity contribution is 0.0769. The summed E-state index contributed by atoms with van der Waals surface area (Å²) in [7, 11) is 0. The van der Waals surface area contributed by atoms with E-state index in [2.05, 4.69) is 15.2 Å². The summed E-state index contributed by atoms with van der Waals surface area (Å²) in [6.07, 6.45) is 0.713. The number of Topliss-reactive ketones (excluding diaryl/α,β-unsaturated/α-hetero) is 1. The van der Waals surface area contributed by atoms with E-state index in [1.165, 1.54) is 19.1 Å². The number of nitrogens with one attached hydrogen (secondary N) is 2. The summed E-state index contributed by atoms with van der Waals surface area (Å²) in [4.78, 5) is 45.5. The third-order valence-corrected chi connectivity index (χ3v) is 8.60. The van der Waals surface area contributed by atoms with Gasteiger partial charge in [0.05, 0.1) is 27.9 Å². The molecule has 2 aliphatic heterocycles. The Morgan fingerprint density at radius 2 is 1.68 bits per heavy atom. The van der Waals surface area contributed by atoms with E-state index < -0.39 is 5.82 Å². The van der Waals surface area contributed by atoms with E-state index in [4.69, 9.17) is 11.6 Å². The zero-order valence-corrected chi connectivity index (χ0v) is 23.7. The molecule has 40 heavy (non-hydrogen) atoms. The van der Waals surface area contributed by atoms with Crippen LogP contribution in [-0.2, 0) is 0 Å². The molecule has 2 N–H and O–H groups in total. The van der Waals surface area contributed by atoms with Gasteiger partial charge < -0.3 is 20.1 Å². The van der Waals surface area contributed by atoms with E-state index in [1.54, 1.807) is 17.9 Å². The lowest BCUT2D eigenvalue weighted by atomic mass is 10.0. The molecule has 2 saturated heterocycles. The van der Waals surface area contributed by atoms with Crippen molar-refractivity contribution >= 4 is 29.2 Å². The van der Waals surface area contributed by atoms with Crippen LogP contribution in [0.3, 0.4) is 0 Å². The molecular formula is C31H34ClFN4O3. The number of rotatable bonds is 8. The molecule has 2 aliphatic rings. The monoisotopic (exact) mass is 564 g/mol. The first-order chi connectivity index (χ1) is 19.1. The van der Waals surface area contributed by atoms with Crippen LogP contribution in [-0.4, -0.2) is 65.1 Å². The lowest BCUT2D eigenvalue weighted by Crippen LogP contribution is -2.35. The van der Waals surface area contributed by atoms with Crippen molar-refractivity contribution in [2.45, 2.75) is 33.2 Å². The molecule has 0 spiro atoms. The Morgan fingerprint density at radius 1 is 1.00 bits per heavy atom. The predicted molar refractivity (Wildman–Crippen MR) is 152 cm³/mol. The number of aromatic nitrogens is 1. The highest BCUT2D eigenvalue weighted by Crippen LogP contribution is 2.34. The Balaban J connectivity index is 1.22. The van der Waals surface area contributed by atoms with Gasteiger partial charge in [-0.15, -0.1) is 0 Å². The van der Waals surface area contributed by atoms with Crippen LogP contribution in [0.5, 0.6) is 0 Å². The summed E-state index contributed by atoms with van der Waals surface area (Å²) in [5.74, 6) is -0.612. The first kappa shape index (κ1) is 28.1. The molecule has 1 aromatic heterocycles. The van der Waals surface area contributed by atoms with E-state index in [0.717, 1.165) is 25.2 Å². The van der Waals surface area contributed by atoms with Gasteiger partial charge in [0.2, 0.25) is 0 Å². The van der Waals surface area contributed by atoms with Crippen LogP contribution in [0, 0.1) is 31.5 Å². The van der Waals surface area contributed by atoms with E-state index in [0.29, 0.717) is 53.9 Å². The summed E-state index contributed by atoms with van der Waals surface area (Å²) in [5.41, 5.74) is 3.29. The van der Waals surface area contributed by atoms with Gasteiger partial charge in [-0.1, -0.05) is 48.0 Å². The third kappa shape index (κ3) is 5.56. The number of carbonyl (C=O) groups is 3. The van der Waals surface area contributed by atoms with Gasteiger partial charge in [0.25, 0.3) is 11.8 Å². The van der Waals surface area contributed by atoms with Crippen molar-refractivity contribution in [1.82, 2.24) is 20.1 Å². The normalized spacial score (nSPS) is 19.5. The SMILES string of the molecule is CC(=O)c1[nH]c(C)c(C(=O)N[C@@H](CCN2CC3CN(C(=O)c4c(F)cccc4Cl)CC3C2)c2ccccc2)c1C. The molecule has 0 radical (unpaired) electrons. The Kier molecular flexibility index (Phi) is 8.10. The number of ketones is 1. The predicted octanol–water partition coefficient (Wildman–Crippen LogP) is 5.19. The summed E-state index contributed by atoms with van der Waals surface area (Å²) < 4.78 is 14.3. The van der Waals surface area contributed by atoms with Gasteiger partial charge in [-0.25, -0.2) is 4.39 Å². The molecule has 3 heterocycles. The molecule has 0 saturated carbocycles. The Labute approximate surface area is 238 Å².